The van der Waals surface area contributed by atoms with E-state index in [1.165, 1.54) is 39.8 Å². The molecule has 5 N–H and O–H groups in total. The number of hydrogen-bond donors (Lipinski definition) is 5. The molecule has 0 aromatic heterocycles. The van der Waals surface area contributed by atoms with Gasteiger partial charge < -0.3 is 30.5 Å². The number of ketones is 3. The second kappa shape index (κ2) is 7.73. The maximum Gasteiger partial charge on any atom is 0.339 e. The van der Waals surface area contributed by atoms with Crippen LogP contribution in [0.4, 0.5) is 5.69 Å². The van der Waals surface area contributed by atoms with Crippen molar-refractivity contribution in [2.45, 2.75) is 33.1 Å². The standard InChI is InChI=1S/C25H21NO9/c1-9-20(30)18(11(3)27)22-19(21(9)31)25(4)16(35-22)8-15(29)17(23(25)32)10(2)26-12-5-6-13(24(33)34)14(28)7-12/h5-8,26,28,30-31H,1-4H3,(H,33,34)/b17-10+/t25-/m0/s1. The van der Waals surface area contributed by atoms with Gasteiger partial charge in [-0.05, 0) is 39.8 Å². The number of rotatable bonds is 4. The molecule has 0 radical (unpaired) electrons. The average molecular weight is 479 g/mol. The molecule has 0 saturated heterocycles. The molecule has 2 aliphatic rings. The Labute approximate surface area is 198 Å². The zero-order chi connectivity index (χ0) is 26.0. The van der Waals surface area contributed by atoms with Gasteiger partial charge in [0.25, 0.3) is 0 Å². The third-order valence-electron chi connectivity index (χ3n) is 6.32. The van der Waals surface area contributed by atoms with Gasteiger partial charge in [0.05, 0.1) is 11.1 Å². The van der Waals surface area contributed by atoms with Crippen molar-refractivity contribution in [3.63, 3.8) is 0 Å². The fraction of sp³-hybridized carbons (Fsp3) is 0.200. The number of carboxylic acid groups (broad SMARTS) is 1. The van der Waals surface area contributed by atoms with Crippen LogP contribution >= 0.6 is 0 Å². The highest BCUT2D eigenvalue weighted by atomic mass is 16.5. The van der Waals surface area contributed by atoms with E-state index in [1.54, 1.807) is 0 Å². The van der Waals surface area contributed by atoms with Crippen molar-refractivity contribution in [2.24, 2.45) is 0 Å². The minimum Gasteiger partial charge on any atom is -0.507 e. The fourth-order valence-corrected chi connectivity index (χ4v) is 4.43. The minimum atomic E-state index is -1.66. The minimum absolute atomic E-state index is 0.0147. The summed E-state index contributed by atoms with van der Waals surface area (Å²) in [4.78, 5) is 50.0. The van der Waals surface area contributed by atoms with Crippen LogP contribution in [0.5, 0.6) is 23.0 Å². The fourth-order valence-electron chi connectivity index (χ4n) is 4.43. The average Bonchev–Trinajstić information content (AvgIpc) is 3.05. The van der Waals surface area contributed by atoms with Crippen molar-refractivity contribution >= 4 is 29.0 Å². The van der Waals surface area contributed by atoms with Crippen LogP contribution in [0, 0.1) is 6.92 Å². The molecule has 0 amide bonds. The molecule has 0 bridgehead atoms. The number of ether oxygens (including phenoxy) is 1. The predicted molar refractivity (Wildman–Crippen MR) is 122 cm³/mol. The maximum atomic E-state index is 13.7. The van der Waals surface area contributed by atoms with Gasteiger partial charge in [0.15, 0.2) is 17.3 Å². The van der Waals surface area contributed by atoms with Crippen LogP contribution in [0.25, 0.3) is 0 Å². The van der Waals surface area contributed by atoms with Gasteiger partial charge in [-0.15, -0.1) is 0 Å². The molecule has 10 heteroatoms. The molecule has 1 atom stereocenters. The van der Waals surface area contributed by atoms with Gasteiger partial charge in [0.2, 0.25) is 0 Å². The lowest BCUT2D eigenvalue weighted by Crippen LogP contribution is -2.40. The first-order valence-electron chi connectivity index (χ1n) is 10.4. The van der Waals surface area contributed by atoms with Gasteiger partial charge in [-0.1, -0.05) is 0 Å². The molecule has 180 valence electrons. The summed E-state index contributed by atoms with van der Waals surface area (Å²) in [6.45, 7) is 5.48. The summed E-state index contributed by atoms with van der Waals surface area (Å²) in [5.41, 5.74) is -2.16. The lowest BCUT2D eigenvalue weighted by molar-refractivity contribution is -0.123. The molecule has 2 aromatic carbocycles. The third kappa shape index (κ3) is 3.25. The lowest BCUT2D eigenvalue weighted by Gasteiger charge is -2.29. The monoisotopic (exact) mass is 479 g/mol. The van der Waals surface area contributed by atoms with E-state index >= 15 is 0 Å². The molecule has 1 aliphatic heterocycles. The zero-order valence-electron chi connectivity index (χ0n) is 19.1. The summed E-state index contributed by atoms with van der Waals surface area (Å²) in [5, 5.41) is 43.1. The first-order chi connectivity index (χ1) is 16.3. The van der Waals surface area contributed by atoms with Crippen LogP contribution in [-0.2, 0) is 15.0 Å². The molecule has 1 aliphatic carbocycles. The maximum absolute atomic E-state index is 13.7. The van der Waals surface area contributed by atoms with Crippen LogP contribution in [0.1, 0.15) is 52.6 Å². The number of benzene rings is 2. The molecule has 0 spiro atoms. The predicted octanol–water partition coefficient (Wildman–Crippen LogP) is 3.08. The summed E-state index contributed by atoms with van der Waals surface area (Å²) in [5.74, 6) is -4.99. The Balaban J connectivity index is 1.86. The lowest BCUT2D eigenvalue weighted by atomic mass is 9.70. The molecule has 35 heavy (non-hydrogen) atoms. The number of carbonyl (C=O) groups excluding carboxylic acids is 3. The van der Waals surface area contributed by atoms with Crippen molar-refractivity contribution in [2.75, 3.05) is 5.32 Å². The molecule has 4 rings (SSSR count). The van der Waals surface area contributed by atoms with Crippen molar-refractivity contribution in [1.82, 2.24) is 0 Å². The van der Waals surface area contributed by atoms with Crippen LogP contribution in [-0.4, -0.2) is 43.7 Å². The van der Waals surface area contributed by atoms with Crippen LogP contribution in [0.15, 0.2) is 41.3 Å². The van der Waals surface area contributed by atoms with E-state index in [0.29, 0.717) is 0 Å². The highest BCUT2D eigenvalue weighted by molar-refractivity contribution is 6.31. The van der Waals surface area contributed by atoms with E-state index in [1.807, 2.05) is 0 Å². The van der Waals surface area contributed by atoms with Gasteiger partial charge >= 0.3 is 5.97 Å². The Hall–Kier alpha value is -4.60. The number of fused-ring (bicyclic) bond motifs is 3. The Bertz CT molecular complexity index is 1450. The van der Waals surface area contributed by atoms with E-state index < -0.39 is 46.0 Å². The largest absolute Gasteiger partial charge is 0.507 e. The molecule has 1 heterocycles. The highest BCUT2D eigenvalue weighted by Crippen LogP contribution is 2.57. The number of carboxylic acids is 1. The first-order valence-corrected chi connectivity index (χ1v) is 10.4. The Morgan fingerprint density at radius 3 is 2.29 bits per heavy atom. The van der Waals surface area contributed by atoms with E-state index in [9.17, 15) is 34.5 Å². The summed E-state index contributed by atoms with van der Waals surface area (Å²) in [6, 6.07) is 3.66. The van der Waals surface area contributed by atoms with Gasteiger partial charge in [-0.3, -0.25) is 14.4 Å². The number of hydrogen-bond acceptors (Lipinski definition) is 9. The summed E-state index contributed by atoms with van der Waals surface area (Å²) in [6.07, 6.45) is 1.09. The number of phenols is 3. The summed E-state index contributed by atoms with van der Waals surface area (Å²) < 4.78 is 5.71. The highest BCUT2D eigenvalue weighted by Gasteiger charge is 2.56. The van der Waals surface area contributed by atoms with Gasteiger partial charge in [0, 0.05) is 29.1 Å². The topological polar surface area (TPSA) is 170 Å². The number of phenolic OH excluding ortho intramolecular Hbond substituents is 2. The Kier molecular flexibility index (Phi) is 5.20. The normalized spacial score (nSPS) is 19.9. The number of aromatic hydroxyl groups is 3. The molecule has 10 nitrogen and oxygen atoms in total. The second-order valence-corrected chi connectivity index (χ2v) is 8.55. The Morgan fingerprint density at radius 2 is 1.71 bits per heavy atom. The van der Waals surface area contributed by atoms with Crippen LogP contribution in [0.2, 0.25) is 0 Å². The molecule has 0 saturated carbocycles. The molecular formula is C25H21NO9. The van der Waals surface area contributed by atoms with E-state index in [-0.39, 0.29) is 50.7 Å². The number of allylic oxidation sites excluding steroid dienone is 4. The van der Waals surface area contributed by atoms with Crippen molar-refractivity contribution in [3.05, 3.63) is 63.6 Å². The summed E-state index contributed by atoms with van der Waals surface area (Å²) in [7, 11) is 0. The SMILES string of the molecule is CC(=O)c1c(O)c(C)c(O)c2c1OC1=CC(=O)/C(=C(/C)Nc3ccc(C(=O)O)c(O)c3)C(=O)[C@@]12C. The zero-order valence-corrected chi connectivity index (χ0v) is 19.1. The van der Waals surface area contributed by atoms with Crippen molar-refractivity contribution in [1.29, 1.82) is 0 Å². The molecular weight excluding hydrogens is 458 g/mol. The number of carbonyl (C=O) groups is 4. The van der Waals surface area contributed by atoms with Crippen molar-refractivity contribution in [3.8, 4) is 23.0 Å². The molecule has 0 fully saturated rings. The molecule has 2 aromatic rings. The smallest absolute Gasteiger partial charge is 0.339 e. The van der Waals surface area contributed by atoms with Gasteiger partial charge in [-0.2, -0.15) is 0 Å². The molecule has 0 unspecified atom stereocenters. The Morgan fingerprint density at radius 1 is 1.06 bits per heavy atom. The number of Topliss-reactive ketones (excluding diaryl/α,β-unsaturated/α-hetero) is 2. The van der Waals surface area contributed by atoms with Crippen molar-refractivity contribution < 1.29 is 44.3 Å². The second-order valence-electron chi connectivity index (χ2n) is 8.55. The summed E-state index contributed by atoms with van der Waals surface area (Å²) >= 11 is 0. The van der Waals surface area contributed by atoms with Crippen LogP contribution in [0.3, 0.4) is 0 Å². The first kappa shape index (κ1) is 23.6. The van der Waals surface area contributed by atoms with Gasteiger partial charge in [0.1, 0.15) is 45.3 Å². The number of aromatic carboxylic acids is 1. The third-order valence-corrected chi connectivity index (χ3v) is 6.32. The quantitative estimate of drug-likeness (QED) is 0.249. The van der Waals surface area contributed by atoms with Gasteiger partial charge in [-0.25, -0.2) is 4.79 Å². The number of anilines is 1. The van der Waals surface area contributed by atoms with Crippen LogP contribution < -0.4 is 10.1 Å². The van der Waals surface area contributed by atoms with E-state index in [2.05, 4.69) is 5.32 Å². The number of nitrogens with one attached hydrogen (secondary N) is 1. The van der Waals surface area contributed by atoms with E-state index in [0.717, 1.165) is 12.1 Å². The van der Waals surface area contributed by atoms with E-state index in [4.69, 9.17) is 9.84 Å².